The van der Waals surface area contributed by atoms with Crippen LogP contribution >= 0.6 is 11.8 Å². The summed E-state index contributed by atoms with van der Waals surface area (Å²) in [5, 5.41) is 0. The number of thioether (sulfide) groups is 1. The third-order valence-corrected chi connectivity index (χ3v) is 4.55. The summed E-state index contributed by atoms with van der Waals surface area (Å²) in [5.41, 5.74) is 9.17. The summed E-state index contributed by atoms with van der Waals surface area (Å²) in [5.74, 6) is 0. The first-order valence-corrected chi connectivity index (χ1v) is 11.1. The van der Waals surface area contributed by atoms with Gasteiger partial charge in [0.1, 0.15) is 6.01 Å². The molecular weight excluding hydrogens is 375 g/mol. The van der Waals surface area contributed by atoms with Crippen molar-refractivity contribution in [2.45, 2.75) is 68.7 Å². The van der Waals surface area contributed by atoms with Gasteiger partial charge in [0.2, 0.25) is 0 Å². The molecular formula is C27H41FS. The molecule has 0 heterocycles. The molecule has 0 radical (unpaired) electrons. The first-order chi connectivity index (χ1) is 13.6. The topological polar surface area (TPSA) is 0 Å². The predicted molar refractivity (Wildman–Crippen MR) is 135 cm³/mol. The number of alkyl halides is 1. The van der Waals surface area contributed by atoms with E-state index in [0.29, 0.717) is 0 Å². The number of rotatable bonds is 4. The van der Waals surface area contributed by atoms with Crippen LogP contribution in [0.3, 0.4) is 0 Å². The van der Waals surface area contributed by atoms with Gasteiger partial charge in [-0.1, -0.05) is 79.7 Å². The van der Waals surface area contributed by atoms with Gasteiger partial charge in [-0.05, 0) is 81.2 Å². The van der Waals surface area contributed by atoms with E-state index in [-0.39, 0.29) is 6.01 Å². The largest absolute Gasteiger partial charge is 0.239 e. The van der Waals surface area contributed by atoms with Gasteiger partial charge in [-0.3, -0.25) is 0 Å². The van der Waals surface area contributed by atoms with Gasteiger partial charge in [0.05, 0.1) is 0 Å². The van der Waals surface area contributed by atoms with E-state index in [2.05, 4.69) is 84.2 Å². The van der Waals surface area contributed by atoms with Crippen molar-refractivity contribution in [2.24, 2.45) is 0 Å². The second kappa shape index (κ2) is 17.1. The van der Waals surface area contributed by atoms with E-state index in [0.717, 1.165) is 11.3 Å². The quantitative estimate of drug-likeness (QED) is 0.447. The van der Waals surface area contributed by atoms with Crippen LogP contribution in [0.1, 0.15) is 61.1 Å². The Kier molecular flexibility index (Phi) is 17.3. The first-order valence-electron chi connectivity index (χ1n) is 10.2. The van der Waals surface area contributed by atoms with Crippen molar-refractivity contribution in [1.29, 1.82) is 0 Å². The van der Waals surface area contributed by atoms with E-state index in [1.54, 1.807) is 0 Å². The Bertz CT molecular complexity index is 673. The molecule has 0 aliphatic rings. The molecule has 162 valence electrons. The summed E-state index contributed by atoms with van der Waals surface area (Å²) in [6.07, 6.45) is 0.759. The minimum atomic E-state index is -0.384. The number of hydrogen-bond donors (Lipinski definition) is 0. The summed E-state index contributed by atoms with van der Waals surface area (Å²) in [6, 6.07) is 12.3. The highest BCUT2D eigenvalue weighted by molar-refractivity contribution is 8.02. The highest BCUT2D eigenvalue weighted by Gasteiger charge is 1.97. The lowest BCUT2D eigenvalue weighted by Gasteiger charge is -2.04. The Labute approximate surface area is 184 Å². The molecule has 2 heteroatoms. The highest BCUT2D eigenvalue weighted by atomic mass is 32.2. The molecule has 2 aromatic carbocycles. The molecule has 0 atom stereocenters. The molecule has 0 aliphatic heterocycles. The molecule has 0 saturated carbocycles. The molecule has 0 bridgehead atoms. The summed E-state index contributed by atoms with van der Waals surface area (Å²) in [6.45, 7) is 26.0. The van der Waals surface area contributed by atoms with Crippen LogP contribution in [0.15, 0.2) is 60.0 Å². The van der Waals surface area contributed by atoms with Crippen molar-refractivity contribution >= 4 is 11.8 Å². The van der Waals surface area contributed by atoms with Crippen molar-refractivity contribution in [3.05, 3.63) is 93.4 Å². The van der Waals surface area contributed by atoms with E-state index in [1.165, 1.54) is 50.7 Å². The van der Waals surface area contributed by atoms with Crippen LogP contribution in [-0.2, 0) is 6.42 Å². The van der Waals surface area contributed by atoms with Crippen molar-refractivity contribution < 1.29 is 4.39 Å². The molecule has 0 aliphatic carbocycles. The van der Waals surface area contributed by atoms with Gasteiger partial charge in [-0.25, -0.2) is 4.39 Å². The second-order valence-corrected chi connectivity index (χ2v) is 8.27. The molecule has 0 spiro atoms. The Morgan fingerprint density at radius 1 is 0.793 bits per heavy atom. The number of hydrogen-bond acceptors (Lipinski definition) is 1. The average Bonchev–Trinajstić information content (AvgIpc) is 2.64. The van der Waals surface area contributed by atoms with Crippen molar-refractivity contribution in [2.75, 3.05) is 6.01 Å². The summed E-state index contributed by atoms with van der Waals surface area (Å²) in [4.78, 5) is 0.881. The van der Waals surface area contributed by atoms with E-state index in [1.807, 2.05) is 27.7 Å². The van der Waals surface area contributed by atoms with E-state index in [9.17, 15) is 4.39 Å². The minimum absolute atomic E-state index is 0.384. The smallest absolute Gasteiger partial charge is 0.139 e. The van der Waals surface area contributed by atoms with Crippen LogP contribution in [-0.4, -0.2) is 6.01 Å². The number of aryl methyl sites for hydroxylation is 5. The normalized spacial score (nSPS) is 9.03. The van der Waals surface area contributed by atoms with Gasteiger partial charge >= 0.3 is 0 Å². The minimum Gasteiger partial charge on any atom is -0.239 e. The van der Waals surface area contributed by atoms with Crippen LogP contribution in [0.4, 0.5) is 4.39 Å². The number of halogens is 1. The van der Waals surface area contributed by atoms with Crippen LogP contribution in [0.2, 0.25) is 0 Å². The van der Waals surface area contributed by atoms with Gasteiger partial charge in [0.25, 0.3) is 0 Å². The Hall–Kier alpha value is -1.80. The third kappa shape index (κ3) is 15.8. The molecule has 0 fully saturated rings. The van der Waals surface area contributed by atoms with E-state index < -0.39 is 0 Å². The Morgan fingerprint density at radius 3 is 1.45 bits per heavy atom. The number of allylic oxidation sites excluding steroid dienone is 2. The molecule has 0 amide bonds. The molecule has 0 unspecified atom stereocenters. The third-order valence-electron chi connectivity index (χ3n) is 3.89. The molecule has 0 aromatic heterocycles. The molecule has 0 nitrogen and oxygen atoms in total. The van der Waals surface area contributed by atoms with Crippen LogP contribution in [0.25, 0.3) is 0 Å². The van der Waals surface area contributed by atoms with Crippen molar-refractivity contribution in [3.8, 4) is 0 Å². The first kappa shape index (κ1) is 29.4. The van der Waals surface area contributed by atoms with Gasteiger partial charge in [0, 0.05) is 6.42 Å². The van der Waals surface area contributed by atoms with E-state index >= 15 is 0 Å². The average molecular weight is 417 g/mol. The zero-order valence-corrected chi connectivity index (χ0v) is 20.9. The zero-order chi connectivity index (χ0) is 23.0. The Morgan fingerprint density at radius 2 is 1.14 bits per heavy atom. The predicted octanol–water partition coefficient (Wildman–Crippen LogP) is 9.24. The maximum Gasteiger partial charge on any atom is 0.139 e. The fourth-order valence-corrected chi connectivity index (χ4v) is 2.59. The van der Waals surface area contributed by atoms with Gasteiger partial charge < -0.3 is 0 Å². The number of benzene rings is 2. The fourth-order valence-electron chi connectivity index (χ4n) is 2.17. The zero-order valence-electron chi connectivity index (χ0n) is 20.1. The van der Waals surface area contributed by atoms with Crippen molar-refractivity contribution in [3.63, 3.8) is 0 Å². The maximum atomic E-state index is 11.9. The summed E-state index contributed by atoms with van der Waals surface area (Å²) < 4.78 is 11.9. The lowest BCUT2D eigenvalue weighted by atomic mass is 10.0. The summed E-state index contributed by atoms with van der Waals surface area (Å²) >= 11 is 1.17. The van der Waals surface area contributed by atoms with E-state index in [4.69, 9.17) is 0 Å². The maximum absolute atomic E-state index is 11.9. The lowest BCUT2D eigenvalue weighted by Crippen LogP contribution is -1.86. The molecule has 29 heavy (non-hydrogen) atoms. The standard InChI is InChI=1S/C11H13FS.C10H14.C4H8.C2H6/c1-9-3-5-11(6-4-9)7-10(2)13-8-12;1-7-5-9(3)10(4)6-8(7)2;1-4(2)3;1-2/h3-6H,2,7-8H2,1H3;5-6H,1-4H3;1H2,2-3H3;1-2H3. The lowest BCUT2D eigenvalue weighted by molar-refractivity contribution is 0.606. The van der Waals surface area contributed by atoms with Gasteiger partial charge in [0.15, 0.2) is 0 Å². The molecule has 2 rings (SSSR count). The molecule has 0 saturated heterocycles. The van der Waals surface area contributed by atoms with Gasteiger partial charge in [-0.15, -0.1) is 6.58 Å². The van der Waals surface area contributed by atoms with Crippen LogP contribution < -0.4 is 0 Å². The van der Waals surface area contributed by atoms with Gasteiger partial charge in [-0.2, -0.15) is 0 Å². The summed E-state index contributed by atoms with van der Waals surface area (Å²) in [7, 11) is 0. The van der Waals surface area contributed by atoms with Crippen LogP contribution in [0.5, 0.6) is 0 Å². The highest BCUT2D eigenvalue weighted by Crippen LogP contribution is 2.19. The Balaban J connectivity index is 0. The molecule has 2 aromatic rings. The molecule has 0 N–H and O–H groups in total. The monoisotopic (exact) mass is 416 g/mol. The van der Waals surface area contributed by atoms with Crippen molar-refractivity contribution in [1.82, 2.24) is 0 Å². The SMILES string of the molecule is C=C(C)C.C=C(Cc1ccc(C)cc1)SCF.CC.Cc1cc(C)c(C)cc1C. The fraction of sp³-hybridized carbons (Fsp3) is 0.407. The second-order valence-electron chi connectivity index (χ2n) is 7.18. The van der Waals surface area contributed by atoms with Crippen LogP contribution in [0, 0.1) is 34.6 Å².